The molecular formula is C29H31BrCl2N2O3. The van der Waals surface area contributed by atoms with Crippen molar-refractivity contribution >= 4 is 50.9 Å². The zero-order valence-electron chi connectivity index (χ0n) is 21.1. The highest BCUT2D eigenvalue weighted by molar-refractivity contribution is 9.10. The molecule has 0 bridgehead atoms. The largest absolute Gasteiger partial charge is 0.484 e. The average Bonchev–Trinajstić information content (AvgIpc) is 2.88. The normalized spacial score (nSPS) is 12.5. The van der Waals surface area contributed by atoms with E-state index in [0.717, 1.165) is 22.0 Å². The van der Waals surface area contributed by atoms with Crippen molar-refractivity contribution in [2.75, 3.05) is 6.61 Å². The van der Waals surface area contributed by atoms with Gasteiger partial charge in [0, 0.05) is 39.1 Å². The summed E-state index contributed by atoms with van der Waals surface area (Å²) in [4.78, 5) is 28.8. The number of hydrogen-bond donors (Lipinski definition) is 1. The summed E-state index contributed by atoms with van der Waals surface area (Å²) in [5.41, 5.74) is 2.49. The van der Waals surface area contributed by atoms with Crippen LogP contribution in [0.25, 0.3) is 0 Å². The third-order valence-electron chi connectivity index (χ3n) is 6.15. The second-order valence-corrected chi connectivity index (χ2v) is 10.6. The van der Waals surface area contributed by atoms with Gasteiger partial charge in [0.15, 0.2) is 6.61 Å². The Hall–Kier alpha value is -2.54. The zero-order chi connectivity index (χ0) is 26.9. The molecule has 37 heavy (non-hydrogen) atoms. The Kier molecular flexibility index (Phi) is 10.9. The molecule has 0 aliphatic carbocycles. The Bertz CT molecular complexity index is 1200. The number of aryl methyl sites for hydroxylation is 1. The molecule has 0 saturated carbocycles. The predicted molar refractivity (Wildman–Crippen MR) is 153 cm³/mol. The van der Waals surface area contributed by atoms with Crippen molar-refractivity contribution in [3.63, 3.8) is 0 Å². The molecule has 0 spiro atoms. The van der Waals surface area contributed by atoms with Gasteiger partial charge in [-0.05, 0) is 61.7 Å². The lowest BCUT2D eigenvalue weighted by Crippen LogP contribution is -2.53. The monoisotopic (exact) mass is 604 g/mol. The van der Waals surface area contributed by atoms with E-state index in [1.165, 1.54) is 4.90 Å². The summed E-state index contributed by atoms with van der Waals surface area (Å²) in [6.45, 7) is 5.70. The minimum Gasteiger partial charge on any atom is -0.484 e. The summed E-state index contributed by atoms with van der Waals surface area (Å²) in [6, 6.07) is 19.5. The first-order valence-electron chi connectivity index (χ1n) is 12.1. The van der Waals surface area contributed by atoms with E-state index in [1.807, 2.05) is 63.2 Å². The quantitative estimate of drug-likeness (QED) is 0.256. The van der Waals surface area contributed by atoms with Crippen LogP contribution in [0.2, 0.25) is 10.0 Å². The number of carbonyl (C=O) groups excluding carboxylic acids is 2. The Balaban J connectivity index is 1.96. The molecule has 196 valence electrons. The van der Waals surface area contributed by atoms with E-state index >= 15 is 0 Å². The Morgan fingerprint density at radius 1 is 1.03 bits per heavy atom. The van der Waals surface area contributed by atoms with E-state index < -0.39 is 6.04 Å². The van der Waals surface area contributed by atoms with Crippen molar-refractivity contribution in [3.8, 4) is 5.75 Å². The molecule has 1 N–H and O–H groups in total. The molecule has 3 aromatic rings. The van der Waals surface area contributed by atoms with Crippen LogP contribution in [0.4, 0.5) is 0 Å². The van der Waals surface area contributed by atoms with Crippen molar-refractivity contribution in [1.82, 2.24) is 10.2 Å². The van der Waals surface area contributed by atoms with Gasteiger partial charge >= 0.3 is 0 Å². The van der Waals surface area contributed by atoms with Gasteiger partial charge in [0.25, 0.3) is 5.91 Å². The molecule has 0 aliphatic rings. The number of hydrogen-bond acceptors (Lipinski definition) is 3. The molecule has 0 aliphatic heterocycles. The highest BCUT2D eigenvalue weighted by Gasteiger charge is 2.32. The van der Waals surface area contributed by atoms with Gasteiger partial charge < -0.3 is 15.0 Å². The molecule has 8 heteroatoms. The fraction of sp³-hybridized carbons (Fsp3) is 0.310. The molecule has 2 amide bonds. The SMILES string of the molecule is CC[C@@H](C)NC(=O)[C@@H](Cc1ccccc1)N(Cc1c(Cl)cccc1Cl)C(=O)COc1ccc(Br)c(C)c1. The van der Waals surface area contributed by atoms with Gasteiger partial charge in [-0.2, -0.15) is 0 Å². The molecule has 0 saturated heterocycles. The van der Waals surface area contributed by atoms with Crippen LogP contribution in [0.3, 0.4) is 0 Å². The fourth-order valence-corrected chi connectivity index (χ4v) is 4.55. The predicted octanol–water partition coefficient (Wildman–Crippen LogP) is 7.00. The lowest BCUT2D eigenvalue weighted by atomic mass is 10.0. The number of nitrogens with one attached hydrogen (secondary N) is 1. The van der Waals surface area contributed by atoms with Crippen LogP contribution in [0.5, 0.6) is 5.75 Å². The number of nitrogens with zero attached hydrogens (tertiary/aromatic N) is 1. The number of carbonyl (C=O) groups is 2. The molecule has 0 heterocycles. The molecule has 3 aromatic carbocycles. The second kappa shape index (κ2) is 13.8. The fourth-order valence-electron chi connectivity index (χ4n) is 3.78. The number of amides is 2. The van der Waals surface area contributed by atoms with E-state index in [-0.39, 0.29) is 31.0 Å². The number of benzene rings is 3. The van der Waals surface area contributed by atoms with Gasteiger partial charge in [0.05, 0.1) is 0 Å². The number of halogens is 3. The number of ether oxygens (including phenoxy) is 1. The van der Waals surface area contributed by atoms with Crippen molar-refractivity contribution in [3.05, 3.63) is 97.9 Å². The topological polar surface area (TPSA) is 58.6 Å². The maximum absolute atomic E-state index is 13.7. The summed E-state index contributed by atoms with van der Waals surface area (Å²) in [5, 5.41) is 3.90. The van der Waals surface area contributed by atoms with Gasteiger partial charge in [0.1, 0.15) is 11.8 Å². The van der Waals surface area contributed by atoms with Crippen LogP contribution < -0.4 is 10.1 Å². The Labute approximate surface area is 237 Å². The molecule has 0 unspecified atom stereocenters. The van der Waals surface area contributed by atoms with Gasteiger partial charge in [0.2, 0.25) is 5.91 Å². The lowest BCUT2D eigenvalue weighted by Gasteiger charge is -2.32. The summed E-state index contributed by atoms with van der Waals surface area (Å²) in [6.07, 6.45) is 1.09. The second-order valence-electron chi connectivity index (χ2n) is 8.94. The van der Waals surface area contributed by atoms with Crippen molar-refractivity contribution in [2.24, 2.45) is 0 Å². The van der Waals surface area contributed by atoms with E-state index in [1.54, 1.807) is 24.3 Å². The summed E-state index contributed by atoms with van der Waals surface area (Å²) in [5.74, 6) is -0.0283. The van der Waals surface area contributed by atoms with Gasteiger partial charge in [-0.25, -0.2) is 0 Å². The Morgan fingerprint density at radius 3 is 2.32 bits per heavy atom. The Morgan fingerprint density at radius 2 is 1.70 bits per heavy atom. The van der Waals surface area contributed by atoms with E-state index in [0.29, 0.717) is 27.8 Å². The molecule has 0 fully saturated rings. The third kappa shape index (κ3) is 8.22. The molecule has 0 aromatic heterocycles. The third-order valence-corrected chi connectivity index (χ3v) is 7.75. The number of rotatable bonds is 11. The maximum Gasteiger partial charge on any atom is 0.261 e. The lowest BCUT2D eigenvalue weighted by molar-refractivity contribution is -0.143. The highest BCUT2D eigenvalue weighted by atomic mass is 79.9. The van der Waals surface area contributed by atoms with Crippen molar-refractivity contribution < 1.29 is 14.3 Å². The molecule has 0 radical (unpaired) electrons. The minimum absolute atomic E-state index is 0.0476. The van der Waals surface area contributed by atoms with Crippen molar-refractivity contribution in [2.45, 2.75) is 52.2 Å². The zero-order valence-corrected chi connectivity index (χ0v) is 24.2. The molecule has 3 rings (SSSR count). The summed E-state index contributed by atoms with van der Waals surface area (Å²) >= 11 is 16.4. The summed E-state index contributed by atoms with van der Waals surface area (Å²) < 4.78 is 6.81. The molecule has 5 nitrogen and oxygen atoms in total. The van der Waals surface area contributed by atoms with E-state index in [4.69, 9.17) is 27.9 Å². The van der Waals surface area contributed by atoms with Crippen LogP contribution in [-0.4, -0.2) is 35.4 Å². The first-order chi connectivity index (χ1) is 17.7. The van der Waals surface area contributed by atoms with Crippen LogP contribution in [0.1, 0.15) is 37.0 Å². The minimum atomic E-state index is -0.800. The van der Waals surface area contributed by atoms with Crippen LogP contribution >= 0.6 is 39.1 Å². The van der Waals surface area contributed by atoms with Crippen LogP contribution in [0, 0.1) is 6.92 Å². The van der Waals surface area contributed by atoms with Crippen LogP contribution in [0.15, 0.2) is 71.2 Å². The van der Waals surface area contributed by atoms with Gasteiger partial charge in [-0.3, -0.25) is 9.59 Å². The van der Waals surface area contributed by atoms with Crippen molar-refractivity contribution in [1.29, 1.82) is 0 Å². The van der Waals surface area contributed by atoms with E-state index in [9.17, 15) is 9.59 Å². The van der Waals surface area contributed by atoms with Crippen LogP contribution in [-0.2, 0) is 22.6 Å². The summed E-state index contributed by atoms with van der Waals surface area (Å²) in [7, 11) is 0. The van der Waals surface area contributed by atoms with E-state index in [2.05, 4.69) is 21.2 Å². The van der Waals surface area contributed by atoms with Gasteiger partial charge in [-0.1, -0.05) is 82.5 Å². The van der Waals surface area contributed by atoms with Gasteiger partial charge in [-0.15, -0.1) is 0 Å². The standard InChI is InChI=1S/C29H31BrCl2N2O3/c1-4-20(3)33-29(36)27(16-21-9-6-5-7-10-21)34(17-23-25(31)11-8-12-26(23)32)28(35)18-37-22-13-14-24(30)19(2)15-22/h5-15,20,27H,4,16-18H2,1-3H3,(H,33,36)/t20-,27-/m1/s1. The maximum atomic E-state index is 13.7. The molecule has 2 atom stereocenters. The first kappa shape index (κ1) is 29.0. The first-order valence-corrected chi connectivity index (χ1v) is 13.7. The smallest absolute Gasteiger partial charge is 0.261 e. The molecular weight excluding hydrogens is 575 g/mol. The average molecular weight is 606 g/mol. The highest BCUT2D eigenvalue weighted by Crippen LogP contribution is 2.28.